The van der Waals surface area contributed by atoms with E-state index in [1.54, 1.807) is 12.3 Å². The highest BCUT2D eigenvalue weighted by Gasteiger charge is 2.51. The number of aromatic nitrogens is 1. The number of anilines is 1. The number of carbonyl (C=O) groups is 2. The second-order valence-electron chi connectivity index (χ2n) is 6.24. The Kier molecular flexibility index (Phi) is 3.15. The maximum atomic E-state index is 12.6. The zero-order valence-corrected chi connectivity index (χ0v) is 12.3. The van der Waals surface area contributed by atoms with Gasteiger partial charge in [0.15, 0.2) is 0 Å². The molecular weight excluding hydrogens is 292 g/mol. The van der Waals surface area contributed by atoms with E-state index in [0.717, 1.165) is 17.3 Å². The van der Waals surface area contributed by atoms with Gasteiger partial charge in [0.1, 0.15) is 0 Å². The lowest BCUT2D eigenvalue weighted by atomic mass is 9.82. The summed E-state index contributed by atoms with van der Waals surface area (Å²) in [6.07, 6.45) is 6.41. The van der Waals surface area contributed by atoms with E-state index < -0.39 is 17.8 Å². The van der Waals surface area contributed by atoms with Crippen molar-refractivity contribution in [2.75, 3.05) is 5.32 Å². The van der Waals surface area contributed by atoms with Gasteiger partial charge in [-0.05, 0) is 42.5 Å². The van der Waals surface area contributed by atoms with Crippen LogP contribution in [-0.2, 0) is 9.59 Å². The van der Waals surface area contributed by atoms with Crippen LogP contribution in [0.15, 0.2) is 48.7 Å². The van der Waals surface area contributed by atoms with Crippen LogP contribution in [-0.4, -0.2) is 22.0 Å². The Morgan fingerprint density at radius 2 is 1.91 bits per heavy atom. The van der Waals surface area contributed by atoms with Gasteiger partial charge in [0.25, 0.3) is 0 Å². The fourth-order valence-corrected chi connectivity index (χ4v) is 3.90. The van der Waals surface area contributed by atoms with E-state index in [2.05, 4.69) is 10.3 Å². The number of hydrogen-bond acceptors (Lipinski definition) is 3. The molecule has 2 bridgehead atoms. The van der Waals surface area contributed by atoms with Gasteiger partial charge in [0.05, 0.1) is 17.4 Å². The van der Waals surface area contributed by atoms with Crippen LogP contribution < -0.4 is 5.32 Å². The molecule has 1 heterocycles. The third-order valence-electron chi connectivity index (χ3n) is 4.92. The maximum absolute atomic E-state index is 12.6. The van der Waals surface area contributed by atoms with Gasteiger partial charge >= 0.3 is 5.97 Å². The van der Waals surface area contributed by atoms with Crippen molar-refractivity contribution in [1.82, 2.24) is 4.98 Å². The summed E-state index contributed by atoms with van der Waals surface area (Å²) in [6.45, 7) is 0. The maximum Gasteiger partial charge on any atom is 0.307 e. The lowest BCUT2D eigenvalue weighted by molar-refractivity contribution is -0.146. The number of benzene rings is 1. The number of carboxylic acid groups (broad SMARTS) is 1. The molecule has 2 aromatic rings. The smallest absolute Gasteiger partial charge is 0.307 e. The normalized spacial score (nSPS) is 28.2. The van der Waals surface area contributed by atoms with E-state index in [9.17, 15) is 14.7 Å². The highest BCUT2D eigenvalue weighted by Crippen LogP contribution is 2.48. The molecule has 23 heavy (non-hydrogen) atoms. The van der Waals surface area contributed by atoms with Gasteiger partial charge < -0.3 is 10.4 Å². The van der Waals surface area contributed by atoms with Crippen LogP contribution in [0, 0.1) is 23.7 Å². The first-order valence-corrected chi connectivity index (χ1v) is 7.70. The van der Waals surface area contributed by atoms with Crippen LogP contribution in [0.25, 0.3) is 10.9 Å². The summed E-state index contributed by atoms with van der Waals surface area (Å²) in [5.41, 5.74) is 1.53. The summed E-state index contributed by atoms with van der Waals surface area (Å²) in [5, 5.41) is 13.3. The first-order chi connectivity index (χ1) is 11.1. The first-order valence-electron chi connectivity index (χ1n) is 7.70. The van der Waals surface area contributed by atoms with Crippen molar-refractivity contribution in [2.45, 2.75) is 6.42 Å². The van der Waals surface area contributed by atoms with E-state index in [0.29, 0.717) is 5.69 Å². The lowest BCUT2D eigenvalue weighted by Gasteiger charge is -2.23. The fraction of sp³-hybridized carbons (Fsp3) is 0.278. The van der Waals surface area contributed by atoms with E-state index in [1.807, 2.05) is 36.4 Å². The van der Waals surface area contributed by atoms with Crippen molar-refractivity contribution < 1.29 is 14.7 Å². The number of aliphatic carboxylic acids is 1. The molecule has 1 aromatic carbocycles. The van der Waals surface area contributed by atoms with Crippen molar-refractivity contribution in [2.24, 2.45) is 23.7 Å². The highest BCUT2D eigenvalue weighted by molar-refractivity contribution is 5.97. The van der Waals surface area contributed by atoms with Crippen molar-refractivity contribution in [3.63, 3.8) is 0 Å². The number of carbonyl (C=O) groups excluding carboxylic acids is 1. The van der Waals surface area contributed by atoms with E-state index >= 15 is 0 Å². The molecule has 1 aromatic heterocycles. The minimum absolute atomic E-state index is 0.0194. The Bertz CT molecular complexity index is 830. The molecule has 0 unspecified atom stereocenters. The third-order valence-corrected chi connectivity index (χ3v) is 4.92. The van der Waals surface area contributed by atoms with Crippen LogP contribution in [0.4, 0.5) is 5.69 Å². The minimum Gasteiger partial charge on any atom is -0.481 e. The standard InChI is InChI=1S/C18H16N2O3/c21-17(15-11-3-4-12(8-11)16(15)18(22)23)20-13-5-6-14-10(9-13)2-1-7-19-14/h1-7,9,11-12,15-16H,8H2,(H,20,21)(H,22,23)/t11-,12-,15+,16-/m0/s1. The van der Waals surface area contributed by atoms with Crippen LogP contribution in [0.5, 0.6) is 0 Å². The Morgan fingerprint density at radius 1 is 1.13 bits per heavy atom. The average Bonchev–Trinajstić information content (AvgIpc) is 3.15. The molecule has 4 rings (SSSR count). The molecule has 5 heteroatoms. The summed E-state index contributed by atoms with van der Waals surface area (Å²) in [6, 6.07) is 9.28. The second kappa shape index (κ2) is 5.19. The van der Waals surface area contributed by atoms with E-state index in [1.165, 1.54) is 0 Å². The van der Waals surface area contributed by atoms with Crippen LogP contribution in [0.3, 0.4) is 0 Å². The number of amides is 1. The van der Waals surface area contributed by atoms with E-state index in [4.69, 9.17) is 0 Å². The molecule has 0 aliphatic heterocycles. The summed E-state index contributed by atoms with van der Waals surface area (Å²) in [4.78, 5) is 28.4. The summed E-state index contributed by atoms with van der Waals surface area (Å²) >= 11 is 0. The van der Waals surface area contributed by atoms with Gasteiger partial charge in [0, 0.05) is 17.3 Å². The van der Waals surface area contributed by atoms with Gasteiger partial charge in [-0.15, -0.1) is 0 Å². The number of hydrogen-bond donors (Lipinski definition) is 2. The summed E-state index contributed by atoms with van der Waals surface area (Å²) in [5.74, 6) is -2.20. The quantitative estimate of drug-likeness (QED) is 0.854. The summed E-state index contributed by atoms with van der Waals surface area (Å²) in [7, 11) is 0. The Balaban J connectivity index is 1.59. The molecule has 2 aliphatic carbocycles. The van der Waals surface area contributed by atoms with Crippen molar-refractivity contribution in [3.8, 4) is 0 Å². The largest absolute Gasteiger partial charge is 0.481 e. The monoisotopic (exact) mass is 308 g/mol. The SMILES string of the molecule is O=C(O)[C@@H]1[C@H](C(=O)Nc2ccc3ncccc3c2)[C@H]2C=C[C@H]1C2. The molecule has 2 N–H and O–H groups in total. The predicted octanol–water partition coefficient (Wildman–Crippen LogP) is 2.70. The molecule has 0 spiro atoms. The molecule has 0 saturated heterocycles. The van der Waals surface area contributed by atoms with Crippen LogP contribution in [0.1, 0.15) is 6.42 Å². The zero-order chi connectivity index (χ0) is 16.0. The molecule has 1 amide bonds. The number of allylic oxidation sites excluding steroid dienone is 2. The van der Waals surface area contributed by atoms with Gasteiger partial charge in [0.2, 0.25) is 5.91 Å². The van der Waals surface area contributed by atoms with Crippen molar-refractivity contribution >= 4 is 28.5 Å². The molecule has 2 aliphatic rings. The number of pyridine rings is 1. The third kappa shape index (κ3) is 2.29. The topological polar surface area (TPSA) is 79.3 Å². The predicted molar refractivity (Wildman–Crippen MR) is 85.7 cm³/mol. The van der Waals surface area contributed by atoms with Crippen LogP contribution >= 0.6 is 0 Å². The Hall–Kier alpha value is -2.69. The molecule has 1 saturated carbocycles. The fourth-order valence-electron chi connectivity index (χ4n) is 3.90. The van der Waals surface area contributed by atoms with Gasteiger partial charge in [-0.1, -0.05) is 18.2 Å². The van der Waals surface area contributed by atoms with Crippen molar-refractivity contribution in [3.05, 3.63) is 48.7 Å². The number of rotatable bonds is 3. The highest BCUT2D eigenvalue weighted by atomic mass is 16.4. The Labute approximate surface area is 133 Å². The summed E-state index contributed by atoms with van der Waals surface area (Å²) < 4.78 is 0. The number of fused-ring (bicyclic) bond motifs is 3. The molecule has 5 nitrogen and oxygen atoms in total. The van der Waals surface area contributed by atoms with Gasteiger partial charge in [-0.3, -0.25) is 14.6 Å². The number of nitrogens with one attached hydrogen (secondary N) is 1. The molecule has 1 fully saturated rings. The Morgan fingerprint density at radius 3 is 2.70 bits per heavy atom. The molecule has 4 atom stereocenters. The molecule has 116 valence electrons. The zero-order valence-electron chi connectivity index (χ0n) is 12.3. The van der Waals surface area contributed by atoms with E-state index in [-0.39, 0.29) is 17.7 Å². The number of carboxylic acids is 1. The van der Waals surface area contributed by atoms with Crippen molar-refractivity contribution in [1.29, 1.82) is 0 Å². The number of nitrogens with zero attached hydrogens (tertiary/aromatic N) is 1. The minimum atomic E-state index is -0.885. The first kappa shape index (κ1) is 13.9. The van der Waals surface area contributed by atoms with Gasteiger partial charge in [-0.2, -0.15) is 0 Å². The average molecular weight is 308 g/mol. The van der Waals surface area contributed by atoms with Gasteiger partial charge in [-0.25, -0.2) is 0 Å². The molecule has 0 radical (unpaired) electrons. The van der Waals surface area contributed by atoms with Crippen LogP contribution in [0.2, 0.25) is 0 Å². The lowest BCUT2D eigenvalue weighted by Crippen LogP contribution is -2.36. The second-order valence-corrected chi connectivity index (χ2v) is 6.24. The molecular formula is C18H16N2O3.